The third kappa shape index (κ3) is 3.00. The van der Waals surface area contributed by atoms with Crippen molar-refractivity contribution in [2.45, 2.75) is 25.2 Å². The zero-order valence-corrected chi connectivity index (χ0v) is 10.4. The van der Waals surface area contributed by atoms with Crippen molar-refractivity contribution in [2.24, 2.45) is 0 Å². The van der Waals surface area contributed by atoms with Crippen molar-refractivity contribution in [3.63, 3.8) is 0 Å². The summed E-state index contributed by atoms with van der Waals surface area (Å²) in [6.07, 6.45) is -5.37. The largest absolute Gasteiger partial charge is 0.418 e. The van der Waals surface area contributed by atoms with Crippen molar-refractivity contribution in [2.75, 3.05) is 18.0 Å². The standard InChI is InChI=1S/C12H12F4N2O2/c13-8-3-5-17(6-4-8)11-2-1-9(18(19)20)7-10(11)12(14,15)16/h1-2,7-8H,3-6H2. The maximum Gasteiger partial charge on any atom is 0.418 e. The fourth-order valence-electron chi connectivity index (χ4n) is 2.23. The van der Waals surface area contributed by atoms with Crippen LogP contribution in [0.25, 0.3) is 0 Å². The van der Waals surface area contributed by atoms with Gasteiger partial charge in [-0.3, -0.25) is 10.1 Å². The Morgan fingerprint density at radius 2 is 1.85 bits per heavy atom. The van der Waals surface area contributed by atoms with Crippen LogP contribution in [0.3, 0.4) is 0 Å². The first kappa shape index (κ1) is 14.5. The normalized spacial score (nSPS) is 17.3. The van der Waals surface area contributed by atoms with Crippen LogP contribution >= 0.6 is 0 Å². The fourth-order valence-corrected chi connectivity index (χ4v) is 2.23. The van der Waals surface area contributed by atoms with Crippen LogP contribution in [0.5, 0.6) is 0 Å². The molecule has 1 saturated heterocycles. The van der Waals surface area contributed by atoms with E-state index in [2.05, 4.69) is 0 Å². The highest BCUT2D eigenvalue weighted by Gasteiger charge is 2.37. The second-order valence-electron chi connectivity index (χ2n) is 4.62. The number of hydrogen-bond donors (Lipinski definition) is 0. The maximum atomic E-state index is 13.0. The summed E-state index contributed by atoms with van der Waals surface area (Å²) in [5.41, 5.74) is -1.79. The third-order valence-electron chi connectivity index (χ3n) is 3.26. The second-order valence-corrected chi connectivity index (χ2v) is 4.62. The van der Waals surface area contributed by atoms with Crippen LogP contribution in [0.4, 0.5) is 28.9 Å². The SMILES string of the molecule is O=[N+]([O-])c1ccc(N2CCC(F)CC2)c(C(F)(F)F)c1. The maximum absolute atomic E-state index is 13.0. The van der Waals surface area contributed by atoms with Gasteiger partial charge in [0.05, 0.1) is 10.5 Å². The third-order valence-corrected chi connectivity index (χ3v) is 3.26. The molecule has 0 spiro atoms. The Hall–Kier alpha value is -1.86. The van der Waals surface area contributed by atoms with E-state index >= 15 is 0 Å². The molecule has 0 aromatic heterocycles. The predicted molar refractivity (Wildman–Crippen MR) is 64.4 cm³/mol. The number of nitro groups is 1. The lowest BCUT2D eigenvalue weighted by atomic mass is 10.1. The molecule has 1 aromatic rings. The number of piperidine rings is 1. The number of non-ortho nitro benzene ring substituents is 1. The van der Waals surface area contributed by atoms with E-state index in [4.69, 9.17) is 0 Å². The van der Waals surface area contributed by atoms with Crippen molar-refractivity contribution in [3.05, 3.63) is 33.9 Å². The summed E-state index contributed by atoms with van der Waals surface area (Å²) >= 11 is 0. The number of nitro benzene ring substituents is 1. The molecule has 0 aliphatic carbocycles. The Kier molecular flexibility index (Phi) is 3.82. The summed E-state index contributed by atoms with van der Waals surface area (Å²) in [5.74, 6) is 0. The number of alkyl halides is 4. The Morgan fingerprint density at radius 3 is 2.35 bits per heavy atom. The topological polar surface area (TPSA) is 46.4 Å². The predicted octanol–water partition coefficient (Wildman–Crippen LogP) is 3.55. The molecule has 1 aromatic carbocycles. The molecule has 1 aliphatic heterocycles. The van der Waals surface area contributed by atoms with Crippen LogP contribution in [0.15, 0.2) is 18.2 Å². The molecule has 0 radical (unpaired) electrons. The van der Waals surface area contributed by atoms with E-state index in [1.165, 1.54) is 4.90 Å². The molecule has 0 amide bonds. The van der Waals surface area contributed by atoms with Gasteiger partial charge >= 0.3 is 6.18 Å². The zero-order valence-electron chi connectivity index (χ0n) is 10.4. The van der Waals surface area contributed by atoms with Gasteiger partial charge in [0.25, 0.3) is 5.69 Å². The molecule has 1 fully saturated rings. The molecule has 0 bridgehead atoms. The molecule has 4 nitrogen and oxygen atoms in total. The molecule has 2 rings (SSSR count). The summed E-state index contributed by atoms with van der Waals surface area (Å²) < 4.78 is 52.0. The van der Waals surface area contributed by atoms with E-state index in [-0.39, 0.29) is 31.6 Å². The van der Waals surface area contributed by atoms with Crippen molar-refractivity contribution < 1.29 is 22.5 Å². The van der Waals surface area contributed by atoms with Crippen LogP contribution in [0.1, 0.15) is 18.4 Å². The summed E-state index contributed by atoms with van der Waals surface area (Å²) in [6.45, 7) is 0.337. The number of halogens is 4. The molecule has 0 saturated carbocycles. The lowest BCUT2D eigenvalue weighted by Gasteiger charge is -2.32. The van der Waals surface area contributed by atoms with E-state index in [0.29, 0.717) is 6.07 Å². The highest BCUT2D eigenvalue weighted by atomic mass is 19.4. The Morgan fingerprint density at radius 1 is 1.25 bits per heavy atom. The molecule has 8 heteroatoms. The molecule has 0 unspecified atom stereocenters. The average Bonchev–Trinajstić information content (AvgIpc) is 2.38. The van der Waals surface area contributed by atoms with Crippen LogP contribution in [0, 0.1) is 10.1 Å². The summed E-state index contributed by atoms with van der Waals surface area (Å²) in [5, 5.41) is 10.6. The van der Waals surface area contributed by atoms with E-state index in [9.17, 15) is 27.7 Å². The molecule has 0 atom stereocenters. The summed E-state index contributed by atoms with van der Waals surface area (Å²) in [4.78, 5) is 11.1. The van der Waals surface area contributed by atoms with Gasteiger partial charge in [0.2, 0.25) is 0 Å². The van der Waals surface area contributed by atoms with Crippen molar-refractivity contribution in [1.82, 2.24) is 0 Å². The van der Waals surface area contributed by atoms with Crippen LogP contribution < -0.4 is 4.90 Å². The first-order valence-electron chi connectivity index (χ1n) is 6.03. The number of benzene rings is 1. The van der Waals surface area contributed by atoms with Gasteiger partial charge in [0.15, 0.2) is 0 Å². The van der Waals surface area contributed by atoms with Crippen LogP contribution in [-0.2, 0) is 6.18 Å². The molecule has 110 valence electrons. The average molecular weight is 292 g/mol. The molecule has 1 aliphatic rings. The van der Waals surface area contributed by atoms with Gasteiger partial charge < -0.3 is 4.90 Å². The highest BCUT2D eigenvalue weighted by Crippen LogP contribution is 2.39. The highest BCUT2D eigenvalue weighted by molar-refractivity contribution is 5.59. The number of anilines is 1. The van der Waals surface area contributed by atoms with Crippen molar-refractivity contribution in [1.29, 1.82) is 0 Å². The van der Waals surface area contributed by atoms with Gasteiger partial charge in [-0.15, -0.1) is 0 Å². The minimum absolute atomic E-state index is 0.130. The lowest BCUT2D eigenvalue weighted by molar-refractivity contribution is -0.385. The van der Waals surface area contributed by atoms with Crippen molar-refractivity contribution in [3.8, 4) is 0 Å². The molecule has 20 heavy (non-hydrogen) atoms. The number of nitrogens with zero attached hydrogens (tertiary/aromatic N) is 2. The van der Waals surface area contributed by atoms with Gasteiger partial charge in [-0.05, 0) is 18.9 Å². The van der Waals surface area contributed by atoms with E-state index in [1.54, 1.807) is 0 Å². The molecular formula is C12H12F4N2O2. The minimum Gasteiger partial charge on any atom is -0.371 e. The smallest absolute Gasteiger partial charge is 0.371 e. The van der Waals surface area contributed by atoms with E-state index in [1.807, 2.05) is 0 Å². The molecular weight excluding hydrogens is 280 g/mol. The monoisotopic (exact) mass is 292 g/mol. The van der Waals surface area contributed by atoms with Gasteiger partial charge in [-0.1, -0.05) is 0 Å². The van der Waals surface area contributed by atoms with Crippen LogP contribution in [-0.4, -0.2) is 24.2 Å². The molecule has 0 N–H and O–H groups in total. The van der Waals surface area contributed by atoms with Gasteiger partial charge in [0, 0.05) is 30.9 Å². The zero-order chi connectivity index (χ0) is 14.9. The summed E-state index contributed by atoms with van der Waals surface area (Å²) in [6, 6.07) is 2.64. The fraction of sp³-hybridized carbons (Fsp3) is 0.500. The van der Waals surface area contributed by atoms with Gasteiger partial charge in [-0.25, -0.2) is 4.39 Å². The Balaban J connectivity index is 2.39. The van der Waals surface area contributed by atoms with Crippen molar-refractivity contribution >= 4 is 11.4 Å². The second kappa shape index (κ2) is 5.26. The number of hydrogen-bond acceptors (Lipinski definition) is 3. The molecule has 1 heterocycles. The first-order valence-corrected chi connectivity index (χ1v) is 6.03. The Bertz CT molecular complexity index is 511. The van der Waals surface area contributed by atoms with E-state index in [0.717, 1.165) is 12.1 Å². The van der Waals surface area contributed by atoms with E-state index < -0.39 is 28.5 Å². The number of rotatable bonds is 2. The van der Waals surface area contributed by atoms with Gasteiger partial charge in [0.1, 0.15) is 6.17 Å². The lowest BCUT2D eigenvalue weighted by Crippen LogP contribution is -2.35. The van der Waals surface area contributed by atoms with Gasteiger partial charge in [-0.2, -0.15) is 13.2 Å². The Labute approximate surface area is 112 Å². The summed E-state index contributed by atoms with van der Waals surface area (Å²) in [7, 11) is 0. The quantitative estimate of drug-likeness (QED) is 0.476. The van der Waals surface area contributed by atoms with Crippen LogP contribution in [0.2, 0.25) is 0 Å². The minimum atomic E-state index is -4.69. The first-order chi connectivity index (χ1) is 9.29.